The zero-order chi connectivity index (χ0) is 13.3. The molecule has 0 radical (unpaired) electrons. The van der Waals surface area contributed by atoms with Crippen LogP contribution in [0.4, 0.5) is 20.4 Å². The molecule has 0 saturated heterocycles. The summed E-state index contributed by atoms with van der Waals surface area (Å²) in [6.07, 6.45) is 1.87. The van der Waals surface area contributed by atoms with Crippen LogP contribution in [0.25, 0.3) is 0 Å². The first-order valence-electron chi connectivity index (χ1n) is 5.75. The molecule has 1 heterocycles. The van der Waals surface area contributed by atoms with Crippen LogP contribution in [0.1, 0.15) is 25.6 Å². The summed E-state index contributed by atoms with van der Waals surface area (Å²) in [5, 5.41) is 2.82. The summed E-state index contributed by atoms with van der Waals surface area (Å²) in [6, 6.07) is 4.20. The minimum absolute atomic E-state index is 0.0856. The third-order valence-electron chi connectivity index (χ3n) is 2.61. The molecule has 0 saturated carbocycles. The van der Waals surface area contributed by atoms with Crippen LogP contribution in [0.3, 0.4) is 0 Å². The van der Waals surface area contributed by atoms with E-state index >= 15 is 0 Å². The van der Waals surface area contributed by atoms with Crippen molar-refractivity contribution in [3.8, 4) is 0 Å². The largest absolute Gasteiger partial charge is 0.323 e. The first kappa shape index (κ1) is 12.5. The van der Waals surface area contributed by atoms with Crippen LogP contribution < -0.4 is 5.32 Å². The van der Waals surface area contributed by atoms with E-state index in [2.05, 4.69) is 10.3 Å². The molecule has 1 aromatic heterocycles. The number of aromatic nitrogens is 2. The minimum atomic E-state index is -0.895. The van der Waals surface area contributed by atoms with Crippen LogP contribution in [0.5, 0.6) is 0 Å². The zero-order valence-electron chi connectivity index (χ0n) is 10.5. The smallest absolute Gasteiger partial charge is 0.207 e. The molecule has 0 aliphatic rings. The Kier molecular flexibility index (Phi) is 3.32. The summed E-state index contributed by atoms with van der Waals surface area (Å²) < 4.78 is 28.5. The number of nitrogens with zero attached hydrogens (tertiary/aromatic N) is 2. The normalized spacial score (nSPS) is 11.0. The van der Waals surface area contributed by atoms with Gasteiger partial charge in [0.1, 0.15) is 0 Å². The van der Waals surface area contributed by atoms with Crippen molar-refractivity contribution in [3.05, 3.63) is 41.7 Å². The third-order valence-corrected chi connectivity index (χ3v) is 2.61. The topological polar surface area (TPSA) is 29.9 Å². The molecule has 18 heavy (non-hydrogen) atoms. The standard InChI is InChI=1S/C13H15F2N3/c1-8(2)18-7-9(3)16-13(18)17-11-6-4-5-10(14)12(11)15/h4-8H,1-3H3,(H,16,17). The molecule has 96 valence electrons. The SMILES string of the molecule is Cc1cn(C(C)C)c(Nc2cccc(F)c2F)n1. The fourth-order valence-corrected chi connectivity index (χ4v) is 1.72. The maximum atomic E-state index is 13.6. The van der Waals surface area contributed by atoms with E-state index in [4.69, 9.17) is 0 Å². The summed E-state index contributed by atoms with van der Waals surface area (Å²) in [4.78, 5) is 4.26. The molecule has 0 fully saturated rings. The Labute approximate surface area is 104 Å². The fraction of sp³-hybridized carbons (Fsp3) is 0.308. The van der Waals surface area contributed by atoms with Crippen molar-refractivity contribution in [2.45, 2.75) is 26.8 Å². The molecule has 0 aliphatic heterocycles. The van der Waals surface area contributed by atoms with Gasteiger partial charge in [0, 0.05) is 12.2 Å². The molecule has 1 aromatic carbocycles. The van der Waals surface area contributed by atoms with Crippen LogP contribution in [0.15, 0.2) is 24.4 Å². The van der Waals surface area contributed by atoms with Gasteiger partial charge < -0.3 is 9.88 Å². The molecule has 0 spiro atoms. The van der Waals surface area contributed by atoms with Crippen molar-refractivity contribution >= 4 is 11.6 Å². The van der Waals surface area contributed by atoms with Crippen LogP contribution in [-0.4, -0.2) is 9.55 Å². The molecule has 0 atom stereocenters. The number of hydrogen-bond acceptors (Lipinski definition) is 2. The van der Waals surface area contributed by atoms with E-state index in [1.807, 2.05) is 31.5 Å². The van der Waals surface area contributed by atoms with Gasteiger partial charge in [-0.25, -0.2) is 13.8 Å². The number of halogens is 2. The van der Waals surface area contributed by atoms with Crippen molar-refractivity contribution in [2.75, 3.05) is 5.32 Å². The third kappa shape index (κ3) is 2.34. The molecule has 0 amide bonds. The van der Waals surface area contributed by atoms with Crippen molar-refractivity contribution in [3.63, 3.8) is 0 Å². The molecule has 2 rings (SSSR count). The fourth-order valence-electron chi connectivity index (χ4n) is 1.72. The molecule has 0 bridgehead atoms. The summed E-state index contributed by atoms with van der Waals surface area (Å²) >= 11 is 0. The van der Waals surface area contributed by atoms with E-state index in [9.17, 15) is 8.78 Å². The molecule has 2 aromatic rings. The van der Waals surface area contributed by atoms with E-state index < -0.39 is 11.6 Å². The van der Waals surface area contributed by atoms with Gasteiger partial charge in [-0.15, -0.1) is 0 Å². The molecule has 0 aliphatic carbocycles. The van der Waals surface area contributed by atoms with Gasteiger partial charge in [0.2, 0.25) is 5.95 Å². The second kappa shape index (κ2) is 4.76. The van der Waals surface area contributed by atoms with E-state index in [-0.39, 0.29) is 11.7 Å². The van der Waals surface area contributed by atoms with E-state index in [0.717, 1.165) is 11.8 Å². The highest BCUT2D eigenvalue weighted by Crippen LogP contribution is 2.23. The molecule has 3 nitrogen and oxygen atoms in total. The van der Waals surface area contributed by atoms with Crippen molar-refractivity contribution in [2.24, 2.45) is 0 Å². The number of aryl methyl sites for hydroxylation is 1. The van der Waals surface area contributed by atoms with Gasteiger partial charge >= 0.3 is 0 Å². The summed E-state index contributed by atoms with van der Waals surface area (Å²) in [7, 11) is 0. The Hall–Kier alpha value is -1.91. The number of hydrogen-bond donors (Lipinski definition) is 1. The van der Waals surface area contributed by atoms with E-state index in [0.29, 0.717) is 5.95 Å². The van der Waals surface area contributed by atoms with Gasteiger partial charge in [-0.2, -0.15) is 0 Å². The predicted octanol–water partition coefficient (Wildman–Crippen LogP) is 3.79. The first-order valence-corrected chi connectivity index (χ1v) is 5.75. The highest BCUT2D eigenvalue weighted by atomic mass is 19.2. The van der Waals surface area contributed by atoms with Gasteiger partial charge in [-0.1, -0.05) is 6.07 Å². The maximum absolute atomic E-state index is 13.6. The summed E-state index contributed by atoms with van der Waals surface area (Å²) in [6.45, 7) is 5.84. The second-order valence-electron chi connectivity index (χ2n) is 4.43. The number of imidazole rings is 1. The van der Waals surface area contributed by atoms with Crippen molar-refractivity contribution in [1.82, 2.24) is 9.55 Å². The average Bonchev–Trinajstić information content (AvgIpc) is 2.66. The number of rotatable bonds is 3. The average molecular weight is 251 g/mol. The van der Waals surface area contributed by atoms with Crippen LogP contribution in [-0.2, 0) is 0 Å². The zero-order valence-corrected chi connectivity index (χ0v) is 10.5. The van der Waals surface area contributed by atoms with Gasteiger partial charge in [0.25, 0.3) is 0 Å². The molecule has 0 unspecified atom stereocenters. The molecular weight excluding hydrogens is 236 g/mol. The lowest BCUT2D eigenvalue weighted by molar-refractivity contribution is 0.511. The lowest BCUT2D eigenvalue weighted by atomic mass is 10.3. The van der Waals surface area contributed by atoms with Crippen LogP contribution in [0.2, 0.25) is 0 Å². The van der Waals surface area contributed by atoms with E-state index in [1.54, 1.807) is 0 Å². The maximum Gasteiger partial charge on any atom is 0.207 e. The molecule has 1 N–H and O–H groups in total. The van der Waals surface area contributed by atoms with E-state index in [1.165, 1.54) is 12.1 Å². The second-order valence-corrected chi connectivity index (χ2v) is 4.43. The Morgan fingerprint density at radius 1 is 1.28 bits per heavy atom. The minimum Gasteiger partial charge on any atom is -0.323 e. The van der Waals surface area contributed by atoms with Crippen molar-refractivity contribution in [1.29, 1.82) is 0 Å². The predicted molar refractivity (Wildman–Crippen MR) is 67.0 cm³/mol. The number of anilines is 2. The highest BCUT2D eigenvalue weighted by Gasteiger charge is 2.12. The highest BCUT2D eigenvalue weighted by molar-refractivity contribution is 5.55. The lowest BCUT2D eigenvalue weighted by Gasteiger charge is -2.13. The Morgan fingerprint density at radius 2 is 2.00 bits per heavy atom. The lowest BCUT2D eigenvalue weighted by Crippen LogP contribution is -2.06. The Bertz CT molecular complexity index is 561. The van der Waals surface area contributed by atoms with Gasteiger partial charge in [0.05, 0.1) is 11.4 Å². The van der Waals surface area contributed by atoms with Crippen LogP contribution in [0, 0.1) is 18.6 Å². The first-order chi connectivity index (χ1) is 8.49. The van der Waals surface area contributed by atoms with Crippen molar-refractivity contribution < 1.29 is 8.78 Å². The molecule has 5 heteroatoms. The van der Waals surface area contributed by atoms with Gasteiger partial charge in [-0.3, -0.25) is 0 Å². The van der Waals surface area contributed by atoms with Gasteiger partial charge in [0.15, 0.2) is 11.6 Å². The molecular formula is C13H15F2N3. The summed E-state index contributed by atoms with van der Waals surface area (Å²) in [5.74, 6) is -1.26. The van der Waals surface area contributed by atoms with Gasteiger partial charge in [-0.05, 0) is 32.9 Å². The Morgan fingerprint density at radius 3 is 2.67 bits per heavy atom. The number of benzene rings is 1. The Balaban J connectivity index is 2.37. The monoisotopic (exact) mass is 251 g/mol. The quantitative estimate of drug-likeness (QED) is 0.899. The summed E-state index contributed by atoms with van der Waals surface area (Å²) in [5.41, 5.74) is 0.908. The van der Waals surface area contributed by atoms with Crippen LogP contribution >= 0.6 is 0 Å². The number of nitrogens with one attached hydrogen (secondary N) is 1.